The van der Waals surface area contributed by atoms with Gasteiger partial charge in [-0.15, -0.1) is 0 Å². The van der Waals surface area contributed by atoms with Gasteiger partial charge >= 0.3 is 0 Å². The van der Waals surface area contributed by atoms with Crippen molar-refractivity contribution >= 4 is 5.82 Å². The number of aryl methyl sites for hydroxylation is 1. The van der Waals surface area contributed by atoms with Crippen molar-refractivity contribution in [1.82, 2.24) is 24.4 Å². The van der Waals surface area contributed by atoms with Gasteiger partial charge in [0.25, 0.3) is 0 Å². The molecule has 0 aromatic carbocycles. The summed E-state index contributed by atoms with van der Waals surface area (Å²) in [6.45, 7) is 6.66. The molecule has 1 N–H and O–H groups in total. The van der Waals surface area contributed by atoms with Gasteiger partial charge in [0.05, 0.1) is 24.1 Å². The van der Waals surface area contributed by atoms with Gasteiger partial charge < -0.3 is 9.88 Å². The molecule has 6 heteroatoms. The molecule has 26 heavy (non-hydrogen) atoms. The van der Waals surface area contributed by atoms with Gasteiger partial charge in [0.15, 0.2) is 0 Å². The quantitative estimate of drug-likeness (QED) is 0.768. The average Bonchev–Trinajstić information content (AvgIpc) is 2.94. The molecule has 0 saturated carbocycles. The summed E-state index contributed by atoms with van der Waals surface area (Å²) in [5, 5.41) is 3.38. The maximum atomic E-state index is 4.64. The summed E-state index contributed by atoms with van der Waals surface area (Å²) in [5.74, 6) is 2.06. The summed E-state index contributed by atoms with van der Waals surface area (Å²) in [5.41, 5.74) is 3.43. The molecule has 4 heterocycles. The van der Waals surface area contributed by atoms with E-state index in [1.54, 1.807) is 6.20 Å². The van der Waals surface area contributed by atoms with E-state index >= 15 is 0 Å². The summed E-state index contributed by atoms with van der Waals surface area (Å²) >= 11 is 0. The molecule has 0 fully saturated rings. The van der Waals surface area contributed by atoms with Gasteiger partial charge in [-0.05, 0) is 31.2 Å². The molecule has 0 spiro atoms. The Kier molecular flexibility index (Phi) is 4.93. The van der Waals surface area contributed by atoms with Gasteiger partial charge in [0.1, 0.15) is 11.6 Å². The normalized spacial score (nSPS) is 14.7. The van der Waals surface area contributed by atoms with Gasteiger partial charge in [0.2, 0.25) is 0 Å². The molecule has 1 aliphatic rings. The highest BCUT2D eigenvalue weighted by Gasteiger charge is 2.17. The van der Waals surface area contributed by atoms with Crippen LogP contribution < -0.4 is 5.32 Å². The Hall–Kier alpha value is -2.73. The van der Waals surface area contributed by atoms with E-state index in [4.69, 9.17) is 0 Å². The predicted molar refractivity (Wildman–Crippen MR) is 102 cm³/mol. The van der Waals surface area contributed by atoms with E-state index < -0.39 is 0 Å². The fraction of sp³-hybridized carbons (Fsp3) is 0.350. The summed E-state index contributed by atoms with van der Waals surface area (Å²) in [7, 11) is 0. The van der Waals surface area contributed by atoms with Crippen LogP contribution in [-0.4, -0.2) is 37.5 Å². The summed E-state index contributed by atoms with van der Waals surface area (Å²) < 4.78 is 2.35. The lowest BCUT2D eigenvalue weighted by Crippen LogP contribution is -2.27. The zero-order valence-corrected chi connectivity index (χ0v) is 15.1. The molecule has 1 aliphatic heterocycles. The highest BCUT2D eigenvalue weighted by atomic mass is 15.2. The van der Waals surface area contributed by atoms with Crippen molar-refractivity contribution in [3.8, 4) is 0 Å². The molecule has 0 unspecified atom stereocenters. The Labute approximate surface area is 153 Å². The third kappa shape index (κ3) is 3.91. The van der Waals surface area contributed by atoms with E-state index in [2.05, 4.69) is 41.9 Å². The number of hydrogen-bond donors (Lipinski definition) is 1. The Bertz CT molecular complexity index is 858. The minimum atomic E-state index is 0.740. The second kappa shape index (κ2) is 7.66. The van der Waals surface area contributed by atoms with Crippen molar-refractivity contribution in [3.63, 3.8) is 0 Å². The molecule has 0 atom stereocenters. The van der Waals surface area contributed by atoms with Crippen molar-refractivity contribution in [1.29, 1.82) is 0 Å². The largest absolute Gasteiger partial charge is 0.364 e. The summed E-state index contributed by atoms with van der Waals surface area (Å²) in [6, 6.07) is 12.1. The Morgan fingerprint density at radius 3 is 2.85 bits per heavy atom. The van der Waals surface area contributed by atoms with Crippen LogP contribution in [0.15, 0.2) is 48.8 Å². The lowest BCUT2D eigenvalue weighted by Gasteiger charge is -2.19. The number of fused-ring (bicyclic) bond motifs is 1. The molecule has 0 radical (unpaired) electrons. The molecule has 134 valence electrons. The van der Waals surface area contributed by atoms with Gasteiger partial charge in [0, 0.05) is 44.5 Å². The first-order chi connectivity index (χ1) is 12.8. The summed E-state index contributed by atoms with van der Waals surface area (Å²) in [4.78, 5) is 16.1. The standard InChI is InChI=1S/C20H24N6/c1-16-5-4-6-17(24-16)15-25-10-8-20-23-14-18(26(20)12-11-25)13-22-19-7-2-3-9-21-19/h2-7,9,14H,8,10-13,15H2,1H3,(H,21,22). The van der Waals surface area contributed by atoms with Crippen LogP contribution >= 0.6 is 0 Å². The molecule has 0 aliphatic carbocycles. The molecule has 0 saturated heterocycles. The zero-order chi connectivity index (χ0) is 17.8. The lowest BCUT2D eigenvalue weighted by atomic mass is 10.3. The van der Waals surface area contributed by atoms with Crippen molar-refractivity contribution in [2.75, 3.05) is 18.4 Å². The highest BCUT2D eigenvalue weighted by molar-refractivity contribution is 5.33. The van der Waals surface area contributed by atoms with Crippen molar-refractivity contribution in [2.24, 2.45) is 0 Å². The molecule has 3 aromatic heterocycles. The first-order valence-corrected chi connectivity index (χ1v) is 9.11. The number of nitrogens with one attached hydrogen (secondary N) is 1. The van der Waals surface area contributed by atoms with E-state index in [-0.39, 0.29) is 0 Å². The number of aromatic nitrogens is 4. The average molecular weight is 348 g/mol. The van der Waals surface area contributed by atoms with Gasteiger partial charge in [-0.25, -0.2) is 9.97 Å². The van der Waals surface area contributed by atoms with Crippen LogP contribution in [0, 0.1) is 6.92 Å². The fourth-order valence-corrected chi connectivity index (χ4v) is 3.40. The smallest absolute Gasteiger partial charge is 0.126 e. The van der Waals surface area contributed by atoms with E-state index in [0.29, 0.717) is 0 Å². The maximum absolute atomic E-state index is 4.64. The molecule has 6 nitrogen and oxygen atoms in total. The van der Waals surface area contributed by atoms with Gasteiger partial charge in [-0.3, -0.25) is 9.88 Å². The number of pyridine rings is 2. The first kappa shape index (κ1) is 16.7. The zero-order valence-electron chi connectivity index (χ0n) is 15.1. The number of imidazole rings is 1. The minimum absolute atomic E-state index is 0.740. The Morgan fingerprint density at radius 1 is 1.04 bits per heavy atom. The van der Waals surface area contributed by atoms with Crippen LogP contribution in [0.4, 0.5) is 5.82 Å². The SMILES string of the molecule is Cc1cccc(CN2CCc3ncc(CNc4ccccn4)n3CC2)n1. The Balaban J connectivity index is 1.39. The minimum Gasteiger partial charge on any atom is -0.364 e. The monoisotopic (exact) mass is 348 g/mol. The van der Waals surface area contributed by atoms with Crippen LogP contribution in [-0.2, 0) is 26.1 Å². The van der Waals surface area contributed by atoms with Gasteiger partial charge in [-0.2, -0.15) is 0 Å². The van der Waals surface area contributed by atoms with Crippen LogP contribution in [0.1, 0.15) is 22.9 Å². The fourth-order valence-electron chi connectivity index (χ4n) is 3.40. The van der Waals surface area contributed by atoms with Crippen LogP contribution in [0.5, 0.6) is 0 Å². The van der Waals surface area contributed by atoms with Crippen LogP contribution in [0.25, 0.3) is 0 Å². The lowest BCUT2D eigenvalue weighted by molar-refractivity contribution is 0.267. The molecule has 4 rings (SSSR count). The third-order valence-corrected chi connectivity index (χ3v) is 4.76. The van der Waals surface area contributed by atoms with Crippen molar-refractivity contribution < 1.29 is 0 Å². The second-order valence-corrected chi connectivity index (χ2v) is 6.68. The van der Waals surface area contributed by atoms with E-state index in [0.717, 1.165) is 56.4 Å². The number of rotatable bonds is 5. The summed E-state index contributed by atoms with van der Waals surface area (Å²) in [6.07, 6.45) is 4.76. The second-order valence-electron chi connectivity index (χ2n) is 6.68. The predicted octanol–water partition coefficient (Wildman–Crippen LogP) is 2.65. The molecule has 0 bridgehead atoms. The molecular formula is C20H24N6. The van der Waals surface area contributed by atoms with Crippen LogP contribution in [0.3, 0.4) is 0 Å². The third-order valence-electron chi connectivity index (χ3n) is 4.76. The van der Waals surface area contributed by atoms with Crippen molar-refractivity contribution in [2.45, 2.75) is 33.0 Å². The maximum Gasteiger partial charge on any atom is 0.126 e. The Morgan fingerprint density at radius 2 is 2.00 bits per heavy atom. The number of nitrogens with zero attached hydrogens (tertiary/aromatic N) is 5. The topological polar surface area (TPSA) is 58.9 Å². The molecular weight excluding hydrogens is 324 g/mol. The van der Waals surface area contributed by atoms with Gasteiger partial charge in [-0.1, -0.05) is 12.1 Å². The first-order valence-electron chi connectivity index (χ1n) is 9.11. The molecule has 3 aromatic rings. The van der Waals surface area contributed by atoms with E-state index in [1.165, 1.54) is 11.5 Å². The van der Waals surface area contributed by atoms with Crippen molar-refractivity contribution in [3.05, 3.63) is 71.7 Å². The molecule has 0 amide bonds. The number of anilines is 1. The number of hydrogen-bond acceptors (Lipinski definition) is 5. The van der Waals surface area contributed by atoms with E-state index in [1.807, 2.05) is 37.4 Å². The highest BCUT2D eigenvalue weighted by Crippen LogP contribution is 2.14. The van der Waals surface area contributed by atoms with Crippen LogP contribution in [0.2, 0.25) is 0 Å². The van der Waals surface area contributed by atoms with E-state index in [9.17, 15) is 0 Å².